The molecule has 0 radical (unpaired) electrons. The molecule has 0 aliphatic carbocycles. The zero-order valence-corrected chi connectivity index (χ0v) is 7.27. The summed E-state index contributed by atoms with van der Waals surface area (Å²) in [5.41, 5.74) is 0. The standard InChI is InChI=1S/C7H14O3S/c8-4-6-11-5-2-1-3-7(9)10/h8H,1-6H2,(H,9,10). The molecule has 0 aliphatic heterocycles. The van der Waals surface area contributed by atoms with Crippen LogP contribution in [0.3, 0.4) is 0 Å². The topological polar surface area (TPSA) is 57.5 Å². The molecule has 0 amide bonds. The molecule has 0 aromatic carbocycles. The molecule has 0 spiro atoms. The number of rotatable bonds is 7. The molecule has 0 heterocycles. The molecular weight excluding hydrogens is 164 g/mol. The highest BCUT2D eigenvalue weighted by molar-refractivity contribution is 7.99. The second-order valence-electron chi connectivity index (χ2n) is 2.19. The first-order valence-electron chi connectivity index (χ1n) is 3.67. The Morgan fingerprint density at radius 2 is 2.00 bits per heavy atom. The molecule has 66 valence electrons. The number of aliphatic hydroxyl groups excluding tert-OH is 1. The maximum absolute atomic E-state index is 10.0. The quantitative estimate of drug-likeness (QED) is 0.570. The number of carboxylic acids is 1. The minimum Gasteiger partial charge on any atom is -0.481 e. The average Bonchev–Trinajstić information content (AvgIpc) is 1.96. The van der Waals surface area contributed by atoms with Crippen molar-refractivity contribution in [2.24, 2.45) is 0 Å². The van der Waals surface area contributed by atoms with E-state index < -0.39 is 5.97 Å². The molecule has 0 aliphatic rings. The van der Waals surface area contributed by atoms with Crippen LogP contribution in [0.1, 0.15) is 19.3 Å². The first kappa shape index (κ1) is 10.8. The molecule has 0 saturated heterocycles. The number of hydrogen-bond acceptors (Lipinski definition) is 3. The van der Waals surface area contributed by atoms with Crippen molar-refractivity contribution in [3.05, 3.63) is 0 Å². The summed E-state index contributed by atoms with van der Waals surface area (Å²) in [5, 5.41) is 16.7. The van der Waals surface area contributed by atoms with Gasteiger partial charge in [0.05, 0.1) is 6.61 Å². The summed E-state index contributed by atoms with van der Waals surface area (Å²) in [5.74, 6) is 0.984. The Bertz CT molecular complexity index is 106. The lowest BCUT2D eigenvalue weighted by atomic mass is 10.3. The second-order valence-corrected chi connectivity index (χ2v) is 3.41. The van der Waals surface area contributed by atoms with Crippen molar-refractivity contribution < 1.29 is 15.0 Å². The normalized spacial score (nSPS) is 9.91. The Balaban J connectivity index is 2.85. The molecular formula is C7H14O3S. The van der Waals surface area contributed by atoms with Gasteiger partial charge in [-0.05, 0) is 18.6 Å². The summed E-state index contributed by atoms with van der Waals surface area (Å²) in [7, 11) is 0. The van der Waals surface area contributed by atoms with E-state index in [4.69, 9.17) is 10.2 Å². The van der Waals surface area contributed by atoms with Crippen molar-refractivity contribution in [1.29, 1.82) is 0 Å². The first-order valence-corrected chi connectivity index (χ1v) is 4.83. The van der Waals surface area contributed by atoms with Crippen molar-refractivity contribution in [1.82, 2.24) is 0 Å². The lowest BCUT2D eigenvalue weighted by Crippen LogP contribution is -1.95. The molecule has 0 bridgehead atoms. The van der Waals surface area contributed by atoms with Gasteiger partial charge in [-0.2, -0.15) is 11.8 Å². The fourth-order valence-electron chi connectivity index (χ4n) is 0.647. The van der Waals surface area contributed by atoms with Crippen LogP contribution in [-0.4, -0.2) is 34.3 Å². The van der Waals surface area contributed by atoms with Crippen LogP contribution in [0.2, 0.25) is 0 Å². The van der Waals surface area contributed by atoms with Gasteiger partial charge in [-0.25, -0.2) is 0 Å². The van der Waals surface area contributed by atoms with Crippen LogP contribution >= 0.6 is 11.8 Å². The Morgan fingerprint density at radius 1 is 1.27 bits per heavy atom. The van der Waals surface area contributed by atoms with Crippen molar-refractivity contribution in [2.45, 2.75) is 19.3 Å². The number of unbranched alkanes of at least 4 members (excludes halogenated alkanes) is 1. The van der Waals surface area contributed by atoms with Gasteiger partial charge in [0, 0.05) is 12.2 Å². The third kappa shape index (κ3) is 9.78. The molecule has 0 atom stereocenters. The van der Waals surface area contributed by atoms with Crippen LogP contribution < -0.4 is 0 Å². The van der Waals surface area contributed by atoms with E-state index in [0.29, 0.717) is 0 Å². The van der Waals surface area contributed by atoms with E-state index in [2.05, 4.69) is 0 Å². The first-order chi connectivity index (χ1) is 5.27. The highest BCUT2D eigenvalue weighted by Gasteiger charge is 1.95. The van der Waals surface area contributed by atoms with Crippen molar-refractivity contribution in [3.63, 3.8) is 0 Å². The van der Waals surface area contributed by atoms with E-state index in [1.807, 2.05) is 0 Å². The van der Waals surface area contributed by atoms with Crippen molar-refractivity contribution in [3.8, 4) is 0 Å². The zero-order valence-electron chi connectivity index (χ0n) is 6.45. The van der Waals surface area contributed by atoms with Gasteiger partial charge in [-0.3, -0.25) is 4.79 Å². The summed E-state index contributed by atoms with van der Waals surface area (Å²) in [4.78, 5) is 10.0. The molecule has 0 aromatic rings. The van der Waals surface area contributed by atoms with E-state index in [-0.39, 0.29) is 13.0 Å². The van der Waals surface area contributed by atoms with Gasteiger partial charge < -0.3 is 10.2 Å². The van der Waals surface area contributed by atoms with Gasteiger partial charge in [-0.1, -0.05) is 0 Å². The lowest BCUT2D eigenvalue weighted by molar-refractivity contribution is -0.137. The smallest absolute Gasteiger partial charge is 0.303 e. The van der Waals surface area contributed by atoms with Gasteiger partial charge in [0.2, 0.25) is 0 Å². The van der Waals surface area contributed by atoms with Crippen LogP contribution in [-0.2, 0) is 4.79 Å². The van der Waals surface area contributed by atoms with Gasteiger partial charge in [-0.15, -0.1) is 0 Å². The Morgan fingerprint density at radius 3 is 2.55 bits per heavy atom. The molecule has 4 heteroatoms. The second kappa shape index (κ2) is 7.88. The van der Waals surface area contributed by atoms with Crippen molar-refractivity contribution >= 4 is 17.7 Å². The highest BCUT2D eigenvalue weighted by atomic mass is 32.2. The molecule has 11 heavy (non-hydrogen) atoms. The number of carbonyl (C=O) groups is 1. The third-order valence-corrected chi connectivity index (χ3v) is 2.21. The maximum Gasteiger partial charge on any atom is 0.303 e. The van der Waals surface area contributed by atoms with E-state index >= 15 is 0 Å². The van der Waals surface area contributed by atoms with Crippen LogP contribution in [0.5, 0.6) is 0 Å². The monoisotopic (exact) mass is 178 g/mol. The summed E-state index contributed by atoms with van der Waals surface area (Å²) < 4.78 is 0. The molecule has 0 fully saturated rings. The van der Waals surface area contributed by atoms with E-state index in [1.165, 1.54) is 0 Å². The third-order valence-electron chi connectivity index (χ3n) is 1.16. The van der Waals surface area contributed by atoms with Gasteiger partial charge >= 0.3 is 5.97 Å². The van der Waals surface area contributed by atoms with Crippen LogP contribution in [0.15, 0.2) is 0 Å². The van der Waals surface area contributed by atoms with Crippen LogP contribution in [0.4, 0.5) is 0 Å². The van der Waals surface area contributed by atoms with E-state index in [1.54, 1.807) is 11.8 Å². The number of aliphatic carboxylic acids is 1. The van der Waals surface area contributed by atoms with E-state index in [0.717, 1.165) is 24.3 Å². The average molecular weight is 178 g/mol. The molecule has 0 rings (SSSR count). The van der Waals surface area contributed by atoms with Crippen LogP contribution in [0.25, 0.3) is 0 Å². The number of hydrogen-bond donors (Lipinski definition) is 2. The predicted molar refractivity (Wildman–Crippen MR) is 45.9 cm³/mol. The number of aliphatic hydroxyl groups is 1. The Hall–Kier alpha value is -0.220. The van der Waals surface area contributed by atoms with Gasteiger partial charge in [0.15, 0.2) is 0 Å². The number of thioether (sulfide) groups is 1. The van der Waals surface area contributed by atoms with Gasteiger partial charge in [0.1, 0.15) is 0 Å². The fourth-order valence-corrected chi connectivity index (χ4v) is 1.39. The predicted octanol–water partition coefficient (Wildman–Crippen LogP) is 0.967. The molecule has 2 N–H and O–H groups in total. The fraction of sp³-hybridized carbons (Fsp3) is 0.857. The Kier molecular flexibility index (Phi) is 7.72. The number of carboxylic acid groups (broad SMARTS) is 1. The molecule has 0 unspecified atom stereocenters. The lowest BCUT2D eigenvalue weighted by Gasteiger charge is -1.97. The Labute approximate surface area is 70.8 Å². The SMILES string of the molecule is O=C(O)CCCCSCCO. The van der Waals surface area contributed by atoms with Crippen LogP contribution in [0, 0.1) is 0 Å². The van der Waals surface area contributed by atoms with Crippen molar-refractivity contribution in [2.75, 3.05) is 18.1 Å². The molecule has 3 nitrogen and oxygen atoms in total. The minimum atomic E-state index is -0.725. The molecule has 0 aromatic heterocycles. The highest BCUT2D eigenvalue weighted by Crippen LogP contribution is 2.05. The minimum absolute atomic E-state index is 0.212. The largest absolute Gasteiger partial charge is 0.481 e. The zero-order chi connectivity index (χ0) is 8.53. The summed E-state index contributed by atoms with van der Waals surface area (Å²) in [6, 6.07) is 0. The van der Waals surface area contributed by atoms with E-state index in [9.17, 15) is 4.79 Å². The summed E-state index contributed by atoms with van der Waals surface area (Å²) in [6.45, 7) is 0.212. The maximum atomic E-state index is 10.0. The summed E-state index contributed by atoms with van der Waals surface area (Å²) >= 11 is 1.66. The molecule has 0 saturated carbocycles. The van der Waals surface area contributed by atoms with Gasteiger partial charge in [0.25, 0.3) is 0 Å². The summed E-state index contributed by atoms with van der Waals surface area (Å²) in [6.07, 6.45) is 1.93.